The van der Waals surface area contributed by atoms with Crippen molar-refractivity contribution < 1.29 is 8.78 Å². The van der Waals surface area contributed by atoms with Crippen molar-refractivity contribution in [3.63, 3.8) is 0 Å². The van der Waals surface area contributed by atoms with Crippen LogP contribution in [-0.2, 0) is 0 Å². The van der Waals surface area contributed by atoms with Crippen LogP contribution in [0.15, 0.2) is 24.3 Å². The Bertz CT molecular complexity index is 1020. The molecule has 5 nitrogen and oxygen atoms in total. The Labute approximate surface area is 170 Å². The second-order valence-electron chi connectivity index (χ2n) is 7.41. The largest absolute Gasteiger partial charge is 0.356 e. The monoisotopic (exact) mass is 425 g/mol. The third kappa shape index (κ3) is 3.43. The van der Waals surface area contributed by atoms with Gasteiger partial charge in [-0.15, -0.1) is 0 Å². The van der Waals surface area contributed by atoms with Gasteiger partial charge in [-0.25, -0.2) is 13.8 Å². The molecule has 1 fully saturated rings. The molecule has 1 saturated heterocycles. The zero-order valence-electron chi connectivity index (χ0n) is 15.1. The first-order chi connectivity index (χ1) is 13.3. The lowest BCUT2D eigenvalue weighted by Gasteiger charge is -2.37. The van der Waals surface area contributed by atoms with Crippen LogP contribution in [-0.4, -0.2) is 33.8 Å². The SMILES string of the molecule is CC1(N)CCN(c2cc(C(F)F)c3c(-c4cccc(Cl)c4Cl)[nH]nc3n2)CC1. The molecule has 0 saturated carbocycles. The van der Waals surface area contributed by atoms with Gasteiger partial charge in [-0.3, -0.25) is 5.10 Å². The molecule has 1 aromatic carbocycles. The van der Waals surface area contributed by atoms with Gasteiger partial charge >= 0.3 is 0 Å². The molecule has 0 atom stereocenters. The number of anilines is 1. The van der Waals surface area contributed by atoms with Crippen LogP contribution >= 0.6 is 23.2 Å². The Kier molecular flexibility index (Phi) is 4.93. The highest BCUT2D eigenvalue weighted by Crippen LogP contribution is 2.40. The van der Waals surface area contributed by atoms with Gasteiger partial charge < -0.3 is 10.6 Å². The minimum absolute atomic E-state index is 0.138. The lowest BCUT2D eigenvalue weighted by Crippen LogP contribution is -2.48. The Hall–Kier alpha value is -1.96. The summed E-state index contributed by atoms with van der Waals surface area (Å²) >= 11 is 12.4. The third-order valence-corrected chi connectivity index (χ3v) is 6.05. The molecule has 0 radical (unpaired) electrons. The molecule has 0 spiro atoms. The summed E-state index contributed by atoms with van der Waals surface area (Å²) < 4.78 is 27.9. The summed E-state index contributed by atoms with van der Waals surface area (Å²) in [5, 5.41) is 7.84. The number of fused-ring (bicyclic) bond motifs is 1. The highest BCUT2D eigenvalue weighted by molar-refractivity contribution is 6.43. The van der Waals surface area contributed by atoms with Crippen molar-refractivity contribution in [2.45, 2.75) is 31.7 Å². The Morgan fingerprint density at radius 3 is 2.64 bits per heavy atom. The molecule has 4 rings (SSSR count). The van der Waals surface area contributed by atoms with Crippen LogP contribution < -0.4 is 10.6 Å². The molecule has 3 heterocycles. The van der Waals surface area contributed by atoms with E-state index in [4.69, 9.17) is 28.9 Å². The topological polar surface area (TPSA) is 70.8 Å². The van der Waals surface area contributed by atoms with Gasteiger partial charge in [-0.05, 0) is 31.9 Å². The molecule has 148 valence electrons. The molecular formula is C19H19Cl2F2N5. The molecule has 1 aliphatic heterocycles. The van der Waals surface area contributed by atoms with Gasteiger partial charge in [0, 0.05) is 29.8 Å². The Balaban J connectivity index is 1.83. The Morgan fingerprint density at radius 2 is 1.96 bits per heavy atom. The first kappa shape index (κ1) is 19.4. The maximum Gasteiger partial charge on any atom is 0.264 e. The zero-order chi connectivity index (χ0) is 20.1. The predicted molar refractivity (Wildman–Crippen MR) is 108 cm³/mol. The number of hydrogen-bond donors (Lipinski definition) is 2. The van der Waals surface area contributed by atoms with Crippen LogP contribution in [0.25, 0.3) is 22.3 Å². The van der Waals surface area contributed by atoms with Crippen molar-refractivity contribution in [3.05, 3.63) is 39.9 Å². The number of piperidine rings is 1. The van der Waals surface area contributed by atoms with Gasteiger partial charge in [0.15, 0.2) is 5.65 Å². The number of halogens is 4. The number of benzene rings is 1. The molecule has 0 amide bonds. The molecule has 0 aliphatic carbocycles. The molecule has 3 N–H and O–H groups in total. The molecule has 28 heavy (non-hydrogen) atoms. The minimum atomic E-state index is -2.69. The smallest absolute Gasteiger partial charge is 0.264 e. The van der Waals surface area contributed by atoms with Crippen molar-refractivity contribution in [2.24, 2.45) is 5.73 Å². The summed E-state index contributed by atoms with van der Waals surface area (Å²) in [5.74, 6) is 0.480. The number of aromatic amines is 1. The van der Waals surface area contributed by atoms with Gasteiger partial charge in [-0.2, -0.15) is 5.10 Å². The number of hydrogen-bond acceptors (Lipinski definition) is 4. The van der Waals surface area contributed by atoms with Crippen LogP contribution in [0.4, 0.5) is 14.6 Å². The fraction of sp³-hybridized carbons (Fsp3) is 0.368. The van der Waals surface area contributed by atoms with E-state index in [2.05, 4.69) is 15.2 Å². The number of aromatic nitrogens is 3. The maximum atomic E-state index is 14.0. The van der Waals surface area contributed by atoms with Crippen molar-refractivity contribution in [2.75, 3.05) is 18.0 Å². The zero-order valence-corrected chi connectivity index (χ0v) is 16.7. The van der Waals surface area contributed by atoms with Gasteiger partial charge in [0.2, 0.25) is 0 Å². The molecule has 2 aromatic heterocycles. The number of nitrogens with one attached hydrogen (secondary N) is 1. The summed E-state index contributed by atoms with van der Waals surface area (Å²) in [7, 11) is 0. The average Bonchev–Trinajstić information content (AvgIpc) is 3.07. The number of pyridine rings is 1. The van der Waals surface area contributed by atoms with Crippen LogP contribution in [0, 0.1) is 0 Å². The van der Waals surface area contributed by atoms with E-state index >= 15 is 0 Å². The average molecular weight is 426 g/mol. The van der Waals surface area contributed by atoms with E-state index in [1.807, 2.05) is 11.8 Å². The molecule has 3 aromatic rings. The highest BCUT2D eigenvalue weighted by atomic mass is 35.5. The first-order valence-corrected chi connectivity index (χ1v) is 9.68. The van der Waals surface area contributed by atoms with Crippen LogP contribution in [0.5, 0.6) is 0 Å². The van der Waals surface area contributed by atoms with Gasteiger partial charge in [0.05, 0.1) is 21.1 Å². The molecule has 0 bridgehead atoms. The van der Waals surface area contributed by atoms with Crippen molar-refractivity contribution in [1.29, 1.82) is 0 Å². The highest BCUT2D eigenvalue weighted by Gasteiger charge is 2.28. The van der Waals surface area contributed by atoms with Crippen LogP contribution in [0.2, 0.25) is 10.0 Å². The Morgan fingerprint density at radius 1 is 1.25 bits per heavy atom. The van der Waals surface area contributed by atoms with Gasteiger partial charge in [0.1, 0.15) is 5.82 Å². The maximum absolute atomic E-state index is 14.0. The molecule has 0 unspecified atom stereocenters. The van der Waals surface area contributed by atoms with Crippen LogP contribution in [0.3, 0.4) is 0 Å². The second-order valence-corrected chi connectivity index (χ2v) is 8.20. The molecule has 9 heteroatoms. The lowest BCUT2D eigenvalue weighted by atomic mass is 9.91. The van der Waals surface area contributed by atoms with E-state index in [1.54, 1.807) is 18.2 Å². The summed E-state index contributed by atoms with van der Waals surface area (Å²) in [5.41, 5.74) is 6.90. The van der Waals surface area contributed by atoms with Crippen molar-refractivity contribution in [3.8, 4) is 11.3 Å². The fourth-order valence-corrected chi connectivity index (χ4v) is 3.91. The van der Waals surface area contributed by atoms with E-state index in [9.17, 15) is 8.78 Å². The lowest BCUT2D eigenvalue weighted by molar-refractivity contribution is 0.153. The van der Waals surface area contributed by atoms with E-state index in [0.29, 0.717) is 35.2 Å². The number of alkyl halides is 2. The third-order valence-electron chi connectivity index (χ3n) is 5.23. The normalized spacial score (nSPS) is 16.9. The summed E-state index contributed by atoms with van der Waals surface area (Å²) in [6.45, 7) is 3.32. The van der Waals surface area contributed by atoms with Gasteiger partial charge in [-0.1, -0.05) is 35.3 Å². The molecule has 1 aliphatic rings. The van der Waals surface area contributed by atoms with Crippen molar-refractivity contribution in [1.82, 2.24) is 15.2 Å². The summed E-state index contributed by atoms with van der Waals surface area (Å²) in [6.07, 6.45) is -1.16. The number of nitrogens with two attached hydrogens (primary N) is 1. The summed E-state index contributed by atoms with van der Waals surface area (Å²) in [4.78, 5) is 6.49. The first-order valence-electron chi connectivity index (χ1n) is 8.92. The number of H-pyrrole nitrogens is 1. The fourth-order valence-electron chi connectivity index (χ4n) is 3.51. The standard InChI is InChI=1S/C19H19Cl2F2N5/c1-19(24)5-7-28(8-6-19)13-9-11(17(22)23)14-16(26-27-18(14)25-13)10-3-2-4-12(20)15(10)21/h2-4,9,17H,5-8,24H2,1H3,(H,25,26,27). The van der Waals surface area contributed by atoms with E-state index < -0.39 is 6.43 Å². The van der Waals surface area contributed by atoms with Crippen molar-refractivity contribution >= 4 is 40.1 Å². The van der Waals surface area contributed by atoms with E-state index in [-0.39, 0.29) is 27.2 Å². The van der Waals surface area contributed by atoms with E-state index in [1.165, 1.54) is 6.07 Å². The number of rotatable bonds is 3. The summed E-state index contributed by atoms with van der Waals surface area (Å²) in [6, 6.07) is 6.48. The minimum Gasteiger partial charge on any atom is -0.356 e. The van der Waals surface area contributed by atoms with Gasteiger partial charge in [0.25, 0.3) is 6.43 Å². The quantitative estimate of drug-likeness (QED) is 0.605. The molecular weight excluding hydrogens is 407 g/mol. The second kappa shape index (κ2) is 7.13. The van der Waals surface area contributed by atoms with E-state index in [0.717, 1.165) is 12.8 Å². The van der Waals surface area contributed by atoms with Crippen LogP contribution in [0.1, 0.15) is 31.8 Å². The predicted octanol–water partition coefficient (Wildman–Crippen LogP) is 5.19. The number of nitrogens with zero attached hydrogens (tertiary/aromatic N) is 3.